The maximum absolute atomic E-state index is 12.2. The highest BCUT2D eigenvalue weighted by Crippen LogP contribution is 2.22. The molecule has 1 atom stereocenters. The van der Waals surface area contributed by atoms with E-state index in [1.54, 1.807) is 0 Å². The first-order chi connectivity index (χ1) is 10.7. The number of thioether (sulfide) groups is 1. The number of benzene rings is 1. The van der Waals surface area contributed by atoms with Crippen molar-refractivity contribution in [1.29, 1.82) is 0 Å². The lowest BCUT2D eigenvalue weighted by atomic mass is 10.2. The maximum Gasteiger partial charge on any atom is 0.233 e. The molecule has 2 aromatic heterocycles. The second-order valence-electron chi connectivity index (χ2n) is 4.87. The molecule has 3 rings (SSSR count). The van der Waals surface area contributed by atoms with Gasteiger partial charge in [-0.25, -0.2) is 0 Å². The molecule has 22 heavy (non-hydrogen) atoms. The summed E-state index contributed by atoms with van der Waals surface area (Å²) in [6, 6.07) is 15.6. The molecule has 0 saturated heterocycles. The summed E-state index contributed by atoms with van der Waals surface area (Å²) in [4.78, 5) is 12.2. The summed E-state index contributed by atoms with van der Waals surface area (Å²) >= 11 is 1.40. The van der Waals surface area contributed by atoms with Crippen molar-refractivity contribution in [2.24, 2.45) is 0 Å². The average Bonchev–Trinajstić information content (AvgIpc) is 2.97. The van der Waals surface area contributed by atoms with E-state index in [0.29, 0.717) is 6.54 Å². The molecule has 0 aliphatic rings. The molecule has 2 heterocycles. The summed E-state index contributed by atoms with van der Waals surface area (Å²) in [5.41, 5.74) is 1.86. The van der Waals surface area contributed by atoms with Gasteiger partial charge in [0.2, 0.25) is 5.91 Å². The van der Waals surface area contributed by atoms with Crippen molar-refractivity contribution in [2.45, 2.75) is 23.9 Å². The second kappa shape index (κ2) is 6.62. The molecule has 6 heteroatoms. The molecular weight excluding hydrogens is 296 g/mol. The van der Waals surface area contributed by atoms with E-state index in [-0.39, 0.29) is 11.2 Å². The Balaban J connectivity index is 1.61. The first-order valence-electron chi connectivity index (χ1n) is 7.02. The van der Waals surface area contributed by atoms with Gasteiger partial charge in [-0.15, -0.1) is 10.2 Å². The van der Waals surface area contributed by atoms with Gasteiger partial charge in [-0.2, -0.15) is 0 Å². The number of hydrogen-bond donors (Lipinski definition) is 1. The van der Waals surface area contributed by atoms with E-state index in [2.05, 4.69) is 15.5 Å². The zero-order chi connectivity index (χ0) is 15.4. The fourth-order valence-corrected chi connectivity index (χ4v) is 2.90. The number of rotatable bonds is 5. The summed E-state index contributed by atoms with van der Waals surface area (Å²) in [6.07, 6.45) is 1.90. The highest BCUT2D eigenvalue weighted by Gasteiger charge is 2.17. The number of hydrogen-bond acceptors (Lipinski definition) is 4. The Morgan fingerprint density at radius 3 is 2.77 bits per heavy atom. The van der Waals surface area contributed by atoms with E-state index >= 15 is 0 Å². The van der Waals surface area contributed by atoms with E-state index in [4.69, 9.17) is 0 Å². The Hall–Kier alpha value is -2.34. The van der Waals surface area contributed by atoms with Gasteiger partial charge in [0.05, 0.1) is 5.25 Å². The number of pyridine rings is 1. The zero-order valence-corrected chi connectivity index (χ0v) is 13.0. The van der Waals surface area contributed by atoms with Crippen molar-refractivity contribution in [1.82, 2.24) is 19.9 Å². The van der Waals surface area contributed by atoms with Crippen LogP contribution in [-0.2, 0) is 11.3 Å². The lowest BCUT2D eigenvalue weighted by Crippen LogP contribution is -2.30. The van der Waals surface area contributed by atoms with Crippen LogP contribution < -0.4 is 5.32 Å². The van der Waals surface area contributed by atoms with E-state index in [9.17, 15) is 4.79 Å². The van der Waals surface area contributed by atoms with Gasteiger partial charge in [-0.3, -0.25) is 9.20 Å². The third-order valence-corrected chi connectivity index (χ3v) is 4.30. The Morgan fingerprint density at radius 2 is 1.95 bits per heavy atom. The number of aromatic nitrogens is 3. The van der Waals surface area contributed by atoms with Crippen molar-refractivity contribution < 1.29 is 4.79 Å². The van der Waals surface area contributed by atoms with E-state index in [1.165, 1.54) is 11.8 Å². The molecule has 0 aliphatic heterocycles. The molecule has 0 bridgehead atoms. The van der Waals surface area contributed by atoms with Crippen molar-refractivity contribution in [2.75, 3.05) is 0 Å². The van der Waals surface area contributed by atoms with Crippen LogP contribution in [0.3, 0.4) is 0 Å². The number of fused-ring (bicyclic) bond motifs is 1. The molecule has 1 aromatic carbocycles. The van der Waals surface area contributed by atoms with Gasteiger partial charge >= 0.3 is 0 Å². The van der Waals surface area contributed by atoms with Crippen LogP contribution in [0, 0.1) is 0 Å². The van der Waals surface area contributed by atoms with Crippen molar-refractivity contribution in [3.63, 3.8) is 0 Å². The predicted molar refractivity (Wildman–Crippen MR) is 86.6 cm³/mol. The van der Waals surface area contributed by atoms with Gasteiger partial charge in [0.15, 0.2) is 10.8 Å². The second-order valence-corrected chi connectivity index (χ2v) is 6.18. The number of carbonyl (C=O) groups is 1. The van der Waals surface area contributed by atoms with Crippen LogP contribution in [0.2, 0.25) is 0 Å². The molecule has 0 spiro atoms. The Kier molecular flexibility index (Phi) is 4.39. The Bertz CT molecular complexity index is 772. The molecule has 1 N–H and O–H groups in total. The monoisotopic (exact) mass is 312 g/mol. The number of nitrogens with zero attached hydrogens (tertiary/aromatic N) is 3. The average molecular weight is 312 g/mol. The highest BCUT2D eigenvalue weighted by molar-refractivity contribution is 8.00. The molecule has 0 radical (unpaired) electrons. The third kappa shape index (κ3) is 3.28. The van der Waals surface area contributed by atoms with Crippen LogP contribution >= 0.6 is 11.8 Å². The van der Waals surface area contributed by atoms with Gasteiger partial charge in [0.25, 0.3) is 0 Å². The first kappa shape index (κ1) is 14.6. The molecular formula is C16H16N4OS. The van der Waals surface area contributed by atoms with Crippen molar-refractivity contribution >= 4 is 23.3 Å². The third-order valence-electron chi connectivity index (χ3n) is 3.24. The quantitative estimate of drug-likeness (QED) is 0.736. The van der Waals surface area contributed by atoms with Crippen LogP contribution in [0.4, 0.5) is 0 Å². The Morgan fingerprint density at radius 1 is 1.18 bits per heavy atom. The normalized spacial score (nSPS) is 12.2. The summed E-state index contributed by atoms with van der Waals surface area (Å²) in [5.74, 6) is -0.0125. The lowest BCUT2D eigenvalue weighted by Gasteiger charge is -2.11. The van der Waals surface area contributed by atoms with Crippen LogP contribution in [0.5, 0.6) is 0 Å². The predicted octanol–water partition coefficient (Wildman–Crippen LogP) is 2.53. The molecule has 0 aliphatic carbocycles. The minimum absolute atomic E-state index is 0.0125. The number of carbonyl (C=O) groups excluding carboxylic acids is 1. The van der Waals surface area contributed by atoms with E-state index < -0.39 is 0 Å². The molecule has 0 saturated carbocycles. The Labute approximate surface area is 132 Å². The zero-order valence-electron chi connectivity index (χ0n) is 12.1. The standard InChI is InChI=1S/C16H16N4OS/c1-12(15(21)17-11-13-7-3-2-4-8-13)22-16-19-18-14-9-5-6-10-20(14)16/h2-10,12H,11H2,1H3,(H,17,21). The smallest absolute Gasteiger partial charge is 0.233 e. The molecule has 1 unspecified atom stereocenters. The minimum Gasteiger partial charge on any atom is -0.351 e. The summed E-state index contributed by atoms with van der Waals surface area (Å²) in [7, 11) is 0. The minimum atomic E-state index is -0.240. The van der Waals surface area contributed by atoms with Gasteiger partial charge in [0.1, 0.15) is 0 Å². The van der Waals surface area contributed by atoms with E-state index in [0.717, 1.165) is 16.4 Å². The summed E-state index contributed by atoms with van der Waals surface area (Å²) < 4.78 is 1.88. The van der Waals surface area contributed by atoms with Gasteiger partial charge in [0, 0.05) is 12.7 Å². The fraction of sp³-hybridized carbons (Fsp3) is 0.188. The summed E-state index contributed by atoms with van der Waals surface area (Å²) in [6.45, 7) is 2.40. The number of amides is 1. The van der Waals surface area contributed by atoms with E-state index in [1.807, 2.05) is 66.1 Å². The van der Waals surface area contributed by atoms with Crippen LogP contribution in [0.25, 0.3) is 5.65 Å². The van der Waals surface area contributed by atoms with Gasteiger partial charge < -0.3 is 5.32 Å². The molecule has 5 nitrogen and oxygen atoms in total. The molecule has 3 aromatic rings. The maximum atomic E-state index is 12.2. The van der Waals surface area contributed by atoms with Gasteiger partial charge in [-0.05, 0) is 24.6 Å². The van der Waals surface area contributed by atoms with Crippen molar-refractivity contribution in [3.8, 4) is 0 Å². The van der Waals surface area contributed by atoms with Gasteiger partial charge in [-0.1, -0.05) is 48.2 Å². The lowest BCUT2D eigenvalue weighted by molar-refractivity contribution is -0.120. The van der Waals surface area contributed by atoms with Crippen LogP contribution in [-0.4, -0.2) is 25.8 Å². The van der Waals surface area contributed by atoms with Crippen LogP contribution in [0.1, 0.15) is 12.5 Å². The molecule has 112 valence electrons. The summed E-state index contributed by atoms with van der Waals surface area (Å²) in [5, 5.41) is 11.6. The largest absolute Gasteiger partial charge is 0.351 e. The molecule has 1 amide bonds. The topological polar surface area (TPSA) is 59.3 Å². The number of nitrogens with one attached hydrogen (secondary N) is 1. The SMILES string of the molecule is CC(Sc1nnc2ccccn12)C(=O)NCc1ccccc1. The fourth-order valence-electron chi connectivity index (χ4n) is 2.04. The molecule has 0 fully saturated rings. The first-order valence-corrected chi connectivity index (χ1v) is 7.90. The van der Waals surface area contributed by atoms with Crippen LogP contribution in [0.15, 0.2) is 59.9 Å². The van der Waals surface area contributed by atoms with Crippen molar-refractivity contribution in [3.05, 3.63) is 60.3 Å². The highest BCUT2D eigenvalue weighted by atomic mass is 32.2.